The lowest BCUT2D eigenvalue weighted by Gasteiger charge is -2.34. The first kappa shape index (κ1) is 14.5. The van der Waals surface area contributed by atoms with Crippen LogP contribution in [0.5, 0.6) is 0 Å². The number of amides is 1. The molecule has 0 unspecified atom stereocenters. The third-order valence-corrected chi connectivity index (χ3v) is 4.06. The summed E-state index contributed by atoms with van der Waals surface area (Å²) in [6, 6.07) is 0.287. The van der Waals surface area contributed by atoms with Crippen LogP contribution < -0.4 is 5.32 Å². The molecule has 100 valence electrons. The summed E-state index contributed by atoms with van der Waals surface area (Å²) in [5.74, 6) is 0.194. The molecular weight excluding hydrogens is 212 g/mol. The van der Waals surface area contributed by atoms with Crippen molar-refractivity contribution in [3.63, 3.8) is 0 Å². The van der Waals surface area contributed by atoms with Gasteiger partial charge < -0.3 is 10.2 Å². The molecule has 0 saturated heterocycles. The van der Waals surface area contributed by atoms with E-state index in [2.05, 4.69) is 12.2 Å². The maximum absolute atomic E-state index is 11.8. The minimum atomic E-state index is 0.194. The van der Waals surface area contributed by atoms with Gasteiger partial charge in [-0.1, -0.05) is 26.2 Å². The van der Waals surface area contributed by atoms with Gasteiger partial charge in [0.15, 0.2) is 0 Å². The van der Waals surface area contributed by atoms with Gasteiger partial charge in [0.2, 0.25) is 5.91 Å². The van der Waals surface area contributed by atoms with Gasteiger partial charge in [-0.15, -0.1) is 0 Å². The fourth-order valence-electron chi connectivity index (χ4n) is 2.47. The third-order valence-electron chi connectivity index (χ3n) is 4.06. The van der Waals surface area contributed by atoms with E-state index in [-0.39, 0.29) is 11.9 Å². The Bertz CT molecular complexity index is 245. The van der Waals surface area contributed by atoms with Crippen molar-refractivity contribution in [2.75, 3.05) is 20.1 Å². The predicted octanol–water partition coefficient (Wildman–Crippen LogP) is 2.41. The zero-order valence-corrected chi connectivity index (χ0v) is 11.9. The van der Waals surface area contributed by atoms with Gasteiger partial charge in [-0.05, 0) is 32.1 Å². The lowest BCUT2D eigenvalue weighted by Crippen LogP contribution is -2.42. The zero-order valence-electron chi connectivity index (χ0n) is 11.9. The number of likely N-dealkylation sites (N-methyl/N-ethyl adjacent to an activating group) is 1. The van der Waals surface area contributed by atoms with Crippen molar-refractivity contribution in [3.05, 3.63) is 0 Å². The molecule has 1 fully saturated rings. The summed E-state index contributed by atoms with van der Waals surface area (Å²) in [6.45, 7) is 7.88. The highest BCUT2D eigenvalue weighted by atomic mass is 16.2. The Morgan fingerprint density at radius 3 is 2.41 bits per heavy atom. The quantitative estimate of drug-likeness (QED) is 0.800. The van der Waals surface area contributed by atoms with Crippen LogP contribution in [0.25, 0.3) is 0 Å². The van der Waals surface area contributed by atoms with Crippen molar-refractivity contribution in [3.8, 4) is 0 Å². The summed E-state index contributed by atoms with van der Waals surface area (Å²) < 4.78 is 0. The van der Waals surface area contributed by atoms with E-state index in [1.54, 1.807) is 4.90 Å². The number of hydrogen-bond donors (Lipinski definition) is 1. The standard InChI is InChI=1S/C14H28N2O/c1-12(2)16(4)13(17)10-15-11-14(3)8-6-5-7-9-14/h12,15H,5-11H2,1-4H3. The van der Waals surface area contributed by atoms with Crippen molar-refractivity contribution in [1.29, 1.82) is 0 Å². The molecule has 1 amide bonds. The van der Waals surface area contributed by atoms with E-state index < -0.39 is 0 Å². The van der Waals surface area contributed by atoms with Crippen LogP contribution in [0.2, 0.25) is 0 Å². The van der Waals surface area contributed by atoms with Gasteiger partial charge >= 0.3 is 0 Å². The number of nitrogens with zero attached hydrogens (tertiary/aromatic N) is 1. The van der Waals surface area contributed by atoms with E-state index in [4.69, 9.17) is 0 Å². The molecule has 3 nitrogen and oxygen atoms in total. The molecule has 0 bridgehead atoms. The van der Waals surface area contributed by atoms with Gasteiger partial charge in [-0.3, -0.25) is 4.79 Å². The van der Waals surface area contributed by atoms with Crippen LogP contribution in [0.4, 0.5) is 0 Å². The predicted molar refractivity (Wildman–Crippen MR) is 72.0 cm³/mol. The van der Waals surface area contributed by atoms with Crippen LogP contribution >= 0.6 is 0 Å². The molecule has 0 atom stereocenters. The average molecular weight is 240 g/mol. The second kappa shape index (κ2) is 6.39. The zero-order chi connectivity index (χ0) is 12.9. The van der Waals surface area contributed by atoms with E-state index in [1.165, 1.54) is 32.1 Å². The second-order valence-corrected chi connectivity index (χ2v) is 6.07. The summed E-state index contributed by atoms with van der Waals surface area (Å²) in [6.07, 6.45) is 6.67. The largest absolute Gasteiger partial charge is 0.342 e. The first-order valence-corrected chi connectivity index (χ1v) is 6.91. The molecule has 0 aromatic rings. The van der Waals surface area contributed by atoms with Crippen molar-refractivity contribution >= 4 is 5.91 Å². The minimum absolute atomic E-state index is 0.194. The molecule has 0 aromatic heterocycles. The summed E-state index contributed by atoms with van der Waals surface area (Å²) in [4.78, 5) is 13.6. The number of carbonyl (C=O) groups excluding carboxylic acids is 1. The Morgan fingerprint density at radius 2 is 1.88 bits per heavy atom. The van der Waals surface area contributed by atoms with Gasteiger partial charge in [0, 0.05) is 19.6 Å². The molecule has 1 aliphatic carbocycles. The maximum Gasteiger partial charge on any atom is 0.236 e. The highest BCUT2D eigenvalue weighted by Gasteiger charge is 2.26. The first-order chi connectivity index (χ1) is 7.94. The van der Waals surface area contributed by atoms with Crippen LogP contribution in [0.1, 0.15) is 52.9 Å². The fraction of sp³-hybridized carbons (Fsp3) is 0.929. The van der Waals surface area contributed by atoms with Crippen LogP contribution in [0, 0.1) is 5.41 Å². The lowest BCUT2D eigenvalue weighted by atomic mass is 9.76. The highest BCUT2D eigenvalue weighted by molar-refractivity contribution is 5.78. The molecule has 3 heteroatoms. The highest BCUT2D eigenvalue weighted by Crippen LogP contribution is 2.34. The van der Waals surface area contributed by atoms with Crippen LogP contribution in [0.15, 0.2) is 0 Å². The normalized spacial score (nSPS) is 19.4. The maximum atomic E-state index is 11.8. The summed E-state index contributed by atoms with van der Waals surface area (Å²) in [5, 5.41) is 3.34. The molecule has 0 spiro atoms. The molecule has 0 radical (unpaired) electrons. The summed E-state index contributed by atoms with van der Waals surface area (Å²) in [5.41, 5.74) is 0.412. The Hall–Kier alpha value is -0.570. The molecule has 0 aromatic carbocycles. The molecule has 0 aliphatic heterocycles. The smallest absolute Gasteiger partial charge is 0.236 e. The average Bonchev–Trinajstić information content (AvgIpc) is 2.28. The first-order valence-electron chi connectivity index (χ1n) is 6.91. The summed E-state index contributed by atoms with van der Waals surface area (Å²) >= 11 is 0. The van der Waals surface area contributed by atoms with Gasteiger partial charge in [-0.2, -0.15) is 0 Å². The second-order valence-electron chi connectivity index (χ2n) is 6.07. The molecule has 1 saturated carbocycles. The molecule has 0 heterocycles. The van der Waals surface area contributed by atoms with Crippen molar-refractivity contribution in [2.24, 2.45) is 5.41 Å². The Balaban J connectivity index is 2.25. The van der Waals surface area contributed by atoms with Crippen LogP contribution in [-0.2, 0) is 4.79 Å². The van der Waals surface area contributed by atoms with Crippen LogP contribution in [-0.4, -0.2) is 37.0 Å². The fourth-order valence-corrected chi connectivity index (χ4v) is 2.47. The van der Waals surface area contributed by atoms with E-state index in [0.717, 1.165) is 6.54 Å². The molecule has 1 aliphatic rings. The van der Waals surface area contributed by atoms with Gasteiger partial charge in [0.1, 0.15) is 0 Å². The number of hydrogen-bond acceptors (Lipinski definition) is 2. The van der Waals surface area contributed by atoms with Gasteiger partial charge in [0.25, 0.3) is 0 Å². The van der Waals surface area contributed by atoms with Crippen LogP contribution in [0.3, 0.4) is 0 Å². The monoisotopic (exact) mass is 240 g/mol. The number of nitrogens with one attached hydrogen (secondary N) is 1. The molecular formula is C14H28N2O. The van der Waals surface area contributed by atoms with Crippen molar-refractivity contribution < 1.29 is 4.79 Å². The van der Waals surface area contributed by atoms with Gasteiger partial charge in [0.05, 0.1) is 6.54 Å². The number of carbonyl (C=O) groups is 1. The topological polar surface area (TPSA) is 32.3 Å². The van der Waals surface area contributed by atoms with E-state index in [9.17, 15) is 4.79 Å². The molecule has 1 N–H and O–H groups in total. The van der Waals surface area contributed by atoms with E-state index >= 15 is 0 Å². The SMILES string of the molecule is CC(C)N(C)C(=O)CNCC1(C)CCCCC1. The molecule has 1 rings (SSSR count). The van der Waals surface area contributed by atoms with E-state index in [1.807, 2.05) is 20.9 Å². The minimum Gasteiger partial charge on any atom is -0.342 e. The third kappa shape index (κ3) is 4.66. The molecule has 17 heavy (non-hydrogen) atoms. The number of rotatable bonds is 5. The van der Waals surface area contributed by atoms with Crippen molar-refractivity contribution in [2.45, 2.75) is 58.9 Å². The summed E-state index contributed by atoms with van der Waals surface area (Å²) in [7, 11) is 1.87. The van der Waals surface area contributed by atoms with E-state index in [0.29, 0.717) is 12.0 Å². The Labute approximate surface area is 106 Å². The lowest BCUT2D eigenvalue weighted by molar-refractivity contribution is -0.130. The van der Waals surface area contributed by atoms with Crippen molar-refractivity contribution in [1.82, 2.24) is 10.2 Å². The van der Waals surface area contributed by atoms with Gasteiger partial charge in [-0.25, -0.2) is 0 Å². The Morgan fingerprint density at radius 1 is 1.29 bits per heavy atom. The Kier molecular flexibility index (Phi) is 5.44.